The van der Waals surface area contributed by atoms with Gasteiger partial charge in [-0.15, -0.1) is 0 Å². The monoisotopic (exact) mass is 350 g/mol. The van der Waals surface area contributed by atoms with E-state index in [1.54, 1.807) is 12.1 Å². The summed E-state index contributed by atoms with van der Waals surface area (Å²) < 4.78 is 3.73. The Balaban J connectivity index is 2.34. The number of aromatic nitrogens is 1. The van der Waals surface area contributed by atoms with E-state index in [0.717, 1.165) is 10.9 Å². The first-order valence-electron chi connectivity index (χ1n) is 5.94. The second-order valence-electron chi connectivity index (χ2n) is 4.44. The Bertz CT molecular complexity index is 882. The summed E-state index contributed by atoms with van der Waals surface area (Å²) in [6.07, 6.45) is 0. The Kier molecular flexibility index (Phi) is 3.30. The average Bonchev–Trinajstić information content (AvgIpc) is 2.76. The van der Waals surface area contributed by atoms with E-state index in [2.05, 4.69) is 0 Å². The number of nitrogens with zero attached hydrogens (tertiary/aromatic N) is 2. The van der Waals surface area contributed by atoms with E-state index >= 15 is 0 Å². The fourth-order valence-corrected chi connectivity index (χ4v) is 4.87. The number of hydrogen-bond donors (Lipinski definition) is 0. The molecule has 0 unspecified atom stereocenters. The molecule has 0 aliphatic heterocycles. The first-order chi connectivity index (χ1) is 9.58. The molecule has 3 aromatic rings. The van der Waals surface area contributed by atoms with Gasteiger partial charge in [-0.3, -0.25) is 0 Å². The van der Waals surface area contributed by atoms with Crippen molar-refractivity contribution in [2.75, 3.05) is 0 Å². The number of nitro groups is 1. The van der Waals surface area contributed by atoms with Crippen molar-refractivity contribution in [1.82, 2.24) is 3.56 Å². The molecule has 0 saturated carbocycles. The summed E-state index contributed by atoms with van der Waals surface area (Å²) in [7, 11) is 0. The van der Waals surface area contributed by atoms with Gasteiger partial charge in [-0.25, -0.2) is 0 Å². The van der Waals surface area contributed by atoms with E-state index in [0.29, 0.717) is 10.3 Å². The van der Waals surface area contributed by atoms with Gasteiger partial charge < -0.3 is 0 Å². The van der Waals surface area contributed by atoms with Gasteiger partial charge in [0.05, 0.1) is 0 Å². The molecule has 0 saturated heterocycles. The summed E-state index contributed by atoms with van der Waals surface area (Å²) in [5.41, 5.74) is 1.57. The van der Waals surface area contributed by atoms with Gasteiger partial charge in [-0.05, 0) is 0 Å². The first kappa shape index (κ1) is 13.2. The molecular formula is C14H10N2O2SSe. The number of nitro benzene ring substituents is 1. The third-order valence-electron chi connectivity index (χ3n) is 3.04. The molecule has 0 spiro atoms. The first-order valence-corrected chi connectivity index (χ1v) is 7.97. The zero-order valence-corrected chi connectivity index (χ0v) is 13.1. The Hall–Kier alpha value is -1.75. The van der Waals surface area contributed by atoms with Crippen LogP contribution in [0.5, 0.6) is 0 Å². The van der Waals surface area contributed by atoms with Crippen LogP contribution in [0.2, 0.25) is 0 Å². The molecule has 20 heavy (non-hydrogen) atoms. The van der Waals surface area contributed by atoms with Gasteiger partial charge in [0, 0.05) is 0 Å². The molecule has 0 radical (unpaired) electrons. The second-order valence-corrected chi connectivity index (χ2v) is 6.89. The quantitative estimate of drug-likeness (QED) is 0.307. The van der Waals surface area contributed by atoms with Crippen LogP contribution in [0, 0.1) is 21.7 Å². The van der Waals surface area contributed by atoms with E-state index in [1.165, 1.54) is 4.26 Å². The summed E-state index contributed by atoms with van der Waals surface area (Å²) in [4.78, 5) is 10.9. The summed E-state index contributed by atoms with van der Waals surface area (Å²) in [6, 6.07) is 13.2. The molecule has 2 aromatic carbocycles. The molecule has 3 rings (SSSR count). The van der Waals surface area contributed by atoms with Gasteiger partial charge in [0.2, 0.25) is 0 Å². The number of benzene rings is 2. The Morgan fingerprint density at radius 1 is 1.25 bits per heavy atom. The minimum absolute atomic E-state index is 0.0479. The van der Waals surface area contributed by atoms with Crippen LogP contribution >= 0.6 is 12.2 Å². The van der Waals surface area contributed by atoms with Crippen molar-refractivity contribution in [1.29, 1.82) is 0 Å². The molecule has 4 nitrogen and oxygen atoms in total. The molecular weight excluding hydrogens is 339 g/mol. The number of hydrogen-bond acceptors (Lipinski definition) is 3. The van der Waals surface area contributed by atoms with Crippen molar-refractivity contribution < 1.29 is 4.92 Å². The van der Waals surface area contributed by atoms with Crippen molar-refractivity contribution in [2.24, 2.45) is 0 Å². The van der Waals surface area contributed by atoms with Crippen LogP contribution in [0.15, 0.2) is 42.5 Å². The minimum atomic E-state index is -0.343. The van der Waals surface area contributed by atoms with E-state index in [1.807, 2.05) is 40.8 Å². The van der Waals surface area contributed by atoms with Crippen LogP contribution in [0.3, 0.4) is 0 Å². The molecule has 0 amide bonds. The van der Waals surface area contributed by atoms with Gasteiger partial charge in [-0.2, -0.15) is 0 Å². The molecule has 1 aromatic heterocycles. The van der Waals surface area contributed by atoms with Crippen LogP contribution in [-0.2, 0) is 0 Å². The van der Waals surface area contributed by atoms with Crippen LogP contribution in [0.25, 0.3) is 15.3 Å². The molecule has 0 bridgehead atoms. The van der Waals surface area contributed by atoms with Crippen molar-refractivity contribution in [3.63, 3.8) is 0 Å². The summed E-state index contributed by atoms with van der Waals surface area (Å²) in [6.45, 7) is 1.85. The molecule has 6 heteroatoms. The molecule has 1 heterocycles. The zero-order valence-electron chi connectivity index (χ0n) is 10.6. The molecule has 0 aliphatic rings. The van der Waals surface area contributed by atoms with E-state index in [-0.39, 0.29) is 25.3 Å². The van der Waals surface area contributed by atoms with Gasteiger partial charge in [0.15, 0.2) is 0 Å². The fourth-order valence-electron chi connectivity index (χ4n) is 2.08. The van der Waals surface area contributed by atoms with Gasteiger partial charge in [0.25, 0.3) is 0 Å². The molecule has 0 aliphatic carbocycles. The summed E-state index contributed by atoms with van der Waals surface area (Å²) in [5.74, 6) is 0. The maximum atomic E-state index is 11.3. The molecule has 0 atom stereocenters. The topological polar surface area (TPSA) is 48.1 Å². The molecule has 0 fully saturated rings. The number of aryl methyl sites for hydroxylation is 1. The Labute approximate surface area is 126 Å². The maximum absolute atomic E-state index is 11.3. The van der Waals surface area contributed by atoms with E-state index in [4.69, 9.17) is 12.2 Å². The van der Waals surface area contributed by atoms with Crippen LogP contribution < -0.4 is 0 Å². The summed E-state index contributed by atoms with van der Waals surface area (Å²) >= 11 is 5.43. The molecule has 0 N–H and O–H groups in total. The Morgan fingerprint density at radius 3 is 2.70 bits per heavy atom. The SMILES string of the molecule is Cc1ccc(-n2[se]c3ccccc3c2=S)c([N+](=O)[O-])c1. The zero-order chi connectivity index (χ0) is 14.3. The standard InChI is InChI=1S/C14H10N2O2SSe/c1-9-6-7-11(12(8-9)16(17)18)15-14(19)10-4-2-3-5-13(10)20-15/h2-8H,1H3. The van der Waals surface area contributed by atoms with Crippen LogP contribution in [-0.4, -0.2) is 23.2 Å². The van der Waals surface area contributed by atoms with Crippen molar-refractivity contribution in [3.05, 3.63) is 62.8 Å². The fraction of sp³-hybridized carbons (Fsp3) is 0.0714. The summed E-state index contributed by atoms with van der Waals surface area (Å²) in [5, 5.41) is 12.3. The van der Waals surface area contributed by atoms with E-state index < -0.39 is 0 Å². The predicted molar refractivity (Wildman–Crippen MR) is 82.4 cm³/mol. The predicted octanol–water partition coefficient (Wildman–Crippen LogP) is 3.63. The average molecular weight is 349 g/mol. The van der Waals surface area contributed by atoms with Crippen molar-refractivity contribution in [3.8, 4) is 5.69 Å². The van der Waals surface area contributed by atoms with Crippen LogP contribution in [0.4, 0.5) is 5.69 Å². The number of rotatable bonds is 2. The van der Waals surface area contributed by atoms with Gasteiger partial charge >= 0.3 is 126 Å². The van der Waals surface area contributed by atoms with Crippen molar-refractivity contribution >= 4 is 42.3 Å². The normalized spacial score (nSPS) is 10.8. The molecule has 100 valence electrons. The van der Waals surface area contributed by atoms with Crippen LogP contribution in [0.1, 0.15) is 5.56 Å². The third kappa shape index (κ3) is 2.12. The van der Waals surface area contributed by atoms with Gasteiger partial charge in [0.1, 0.15) is 0 Å². The second kappa shape index (κ2) is 4.98. The third-order valence-corrected chi connectivity index (χ3v) is 6.04. The van der Waals surface area contributed by atoms with Crippen molar-refractivity contribution in [2.45, 2.75) is 6.92 Å². The number of fused-ring (bicyclic) bond motifs is 1. The van der Waals surface area contributed by atoms with E-state index in [9.17, 15) is 10.1 Å². The van der Waals surface area contributed by atoms with Gasteiger partial charge in [-0.1, -0.05) is 0 Å². The Morgan fingerprint density at radius 2 is 2.00 bits per heavy atom.